The van der Waals surface area contributed by atoms with Crippen molar-refractivity contribution in [3.05, 3.63) is 59.4 Å². The number of ether oxygens (including phenoxy) is 2. The van der Waals surface area contributed by atoms with Gasteiger partial charge in [0.25, 0.3) is 0 Å². The van der Waals surface area contributed by atoms with Crippen molar-refractivity contribution >= 4 is 0 Å². The predicted octanol–water partition coefficient (Wildman–Crippen LogP) is 10.5. The Morgan fingerprint density at radius 2 is 1.23 bits per heavy atom. The van der Waals surface area contributed by atoms with E-state index in [0.29, 0.717) is 18.1 Å². The smallest absolute Gasteiger partial charge is 0.429 e. The largest absolute Gasteiger partial charge is 0.573 e. The first-order valence-electron chi connectivity index (χ1n) is 14.2. The standard InChI is InChI=1S/C31H38F6O2/c1-2-3-21-4-6-22(7-5-21)8-9-23-10-12-24(13-11-23)25-14-17-27(18-15-25)38-30(33,34)26-16-19-29(28(32)20-26)39-31(35,36)37/h14-24H,2-13H2,1H3. The van der Waals surface area contributed by atoms with Crippen LogP contribution >= 0.6 is 0 Å². The first-order valence-corrected chi connectivity index (χ1v) is 14.2. The van der Waals surface area contributed by atoms with E-state index in [1.54, 1.807) is 12.1 Å². The lowest BCUT2D eigenvalue weighted by atomic mass is 9.74. The molecule has 0 spiro atoms. The van der Waals surface area contributed by atoms with Crippen LogP contribution in [0, 0.1) is 23.6 Å². The summed E-state index contributed by atoms with van der Waals surface area (Å²) in [5, 5.41) is 0. The Morgan fingerprint density at radius 1 is 0.692 bits per heavy atom. The Labute approximate surface area is 227 Å². The third-order valence-corrected chi connectivity index (χ3v) is 8.58. The quantitative estimate of drug-likeness (QED) is 0.271. The fraction of sp³-hybridized carbons (Fsp3) is 0.613. The summed E-state index contributed by atoms with van der Waals surface area (Å²) in [6.07, 6.45) is 6.37. The Kier molecular flexibility index (Phi) is 9.76. The Bertz CT molecular complexity index is 1040. The van der Waals surface area contributed by atoms with E-state index in [-0.39, 0.29) is 11.8 Å². The van der Waals surface area contributed by atoms with Gasteiger partial charge in [-0.05, 0) is 85.3 Å². The highest BCUT2D eigenvalue weighted by molar-refractivity contribution is 5.33. The van der Waals surface area contributed by atoms with Crippen LogP contribution in [0.25, 0.3) is 0 Å². The van der Waals surface area contributed by atoms with E-state index in [4.69, 9.17) is 4.74 Å². The van der Waals surface area contributed by atoms with Gasteiger partial charge in [-0.3, -0.25) is 0 Å². The summed E-state index contributed by atoms with van der Waals surface area (Å²) in [7, 11) is 0. The molecule has 0 aromatic heterocycles. The zero-order chi connectivity index (χ0) is 28.0. The Morgan fingerprint density at radius 3 is 1.74 bits per heavy atom. The molecule has 0 aliphatic heterocycles. The molecular formula is C31H38F6O2. The molecule has 2 saturated carbocycles. The molecule has 8 heteroatoms. The number of rotatable bonds is 10. The maximum Gasteiger partial charge on any atom is 0.573 e. The second-order valence-electron chi connectivity index (χ2n) is 11.4. The van der Waals surface area contributed by atoms with Crippen LogP contribution in [0.15, 0.2) is 42.5 Å². The Balaban J connectivity index is 1.24. The maximum absolute atomic E-state index is 14.6. The van der Waals surface area contributed by atoms with Crippen LogP contribution in [0.5, 0.6) is 11.5 Å². The van der Waals surface area contributed by atoms with Crippen LogP contribution in [-0.2, 0) is 6.11 Å². The van der Waals surface area contributed by atoms with Crippen LogP contribution in [0.2, 0.25) is 0 Å². The van der Waals surface area contributed by atoms with Gasteiger partial charge >= 0.3 is 12.5 Å². The molecule has 4 rings (SSSR count). The molecule has 0 bridgehead atoms. The summed E-state index contributed by atoms with van der Waals surface area (Å²) < 4.78 is 88.3. The average Bonchev–Trinajstić information content (AvgIpc) is 2.89. The second-order valence-corrected chi connectivity index (χ2v) is 11.4. The molecule has 0 unspecified atom stereocenters. The van der Waals surface area contributed by atoms with Crippen LogP contribution in [-0.4, -0.2) is 6.36 Å². The van der Waals surface area contributed by atoms with Gasteiger partial charge in [0.1, 0.15) is 5.75 Å². The molecular weight excluding hydrogens is 518 g/mol. The molecule has 0 atom stereocenters. The molecule has 2 aromatic rings. The SMILES string of the molecule is CCCC1CCC(CCC2CCC(c3ccc(OC(F)(F)c4ccc(OC(F)(F)F)c(F)c4)cc3)CC2)CC1. The zero-order valence-electron chi connectivity index (χ0n) is 22.4. The van der Waals surface area contributed by atoms with E-state index in [0.717, 1.165) is 36.2 Å². The predicted molar refractivity (Wildman–Crippen MR) is 138 cm³/mol. The Hall–Kier alpha value is -2.38. The second kappa shape index (κ2) is 12.9. The van der Waals surface area contributed by atoms with Crippen molar-refractivity contribution in [1.82, 2.24) is 0 Å². The molecule has 2 aliphatic carbocycles. The highest BCUT2D eigenvalue weighted by Crippen LogP contribution is 2.41. The molecule has 0 amide bonds. The van der Waals surface area contributed by atoms with Gasteiger partial charge in [-0.1, -0.05) is 70.4 Å². The number of alkyl halides is 5. The normalized spacial score (nSPS) is 24.4. The van der Waals surface area contributed by atoms with Crippen molar-refractivity contribution in [2.45, 2.75) is 102 Å². The third kappa shape index (κ3) is 8.55. The maximum atomic E-state index is 14.6. The van der Waals surface area contributed by atoms with Crippen LogP contribution in [0.4, 0.5) is 26.3 Å². The fourth-order valence-corrected chi connectivity index (χ4v) is 6.38. The molecule has 0 radical (unpaired) electrons. The van der Waals surface area contributed by atoms with Gasteiger partial charge in [0.2, 0.25) is 0 Å². The summed E-state index contributed by atoms with van der Waals surface area (Å²) in [5.41, 5.74) is 0.170. The van der Waals surface area contributed by atoms with Gasteiger partial charge in [-0.15, -0.1) is 13.2 Å². The molecule has 0 heterocycles. The molecule has 216 valence electrons. The molecule has 2 aliphatic rings. The minimum atomic E-state index is -5.13. The molecule has 2 fully saturated rings. The lowest BCUT2D eigenvalue weighted by molar-refractivity contribution is -0.275. The van der Waals surface area contributed by atoms with Crippen molar-refractivity contribution in [3.8, 4) is 11.5 Å². The van der Waals surface area contributed by atoms with Crippen molar-refractivity contribution in [2.75, 3.05) is 0 Å². The third-order valence-electron chi connectivity index (χ3n) is 8.58. The molecule has 2 aromatic carbocycles. The van der Waals surface area contributed by atoms with E-state index in [1.807, 2.05) is 0 Å². The number of halogens is 6. The summed E-state index contributed by atoms with van der Waals surface area (Å²) in [6, 6.07) is 7.92. The highest BCUT2D eigenvalue weighted by Gasteiger charge is 2.37. The number of benzene rings is 2. The minimum Gasteiger partial charge on any atom is -0.429 e. The van der Waals surface area contributed by atoms with Crippen molar-refractivity contribution in [3.63, 3.8) is 0 Å². The summed E-state index contributed by atoms with van der Waals surface area (Å²) in [6.45, 7) is 2.28. The fourth-order valence-electron chi connectivity index (χ4n) is 6.38. The van der Waals surface area contributed by atoms with Crippen LogP contribution < -0.4 is 9.47 Å². The van der Waals surface area contributed by atoms with Gasteiger partial charge in [0.15, 0.2) is 11.6 Å². The lowest BCUT2D eigenvalue weighted by Crippen LogP contribution is -2.23. The van der Waals surface area contributed by atoms with E-state index in [9.17, 15) is 26.3 Å². The molecule has 0 N–H and O–H groups in total. The minimum absolute atomic E-state index is 0.109. The van der Waals surface area contributed by atoms with Gasteiger partial charge in [0, 0.05) is 0 Å². The molecule has 2 nitrogen and oxygen atoms in total. The van der Waals surface area contributed by atoms with Gasteiger partial charge in [0.05, 0.1) is 5.56 Å². The van der Waals surface area contributed by atoms with E-state index in [1.165, 1.54) is 76.3 Å². The lowest BCUT2D eigenvalue weighted by Gasteiger charge is -2.32. The first kappa shape index (κ1) is 29.6. The average molecular weight is 557 g/mol. The van der Waals surface area contributed by atoms with E-state index >= 15 is 0 Å². The zero-order valence-corrected chi connectivity index (χ0v) is 22.4. The van der Waals surface area contributed by atoms with Crippen LogP contribution in [0.1, 0.15) is 101 Å². The van der Waals surface area contributed by atoms with Crippen LogP contribution in [0.3, 0.4) is 0 Å². The molecule has 0 saturated heterocycles. The van der Waals surface area contributed by atoms with Crippen molar-refractivity contribution in [1.29, 1.82) is 0 Å². The summed E-state index contributed by atoms with van der Waals surface area (Å²) in [4.78, 5) is 0. The number of hydrogen-bond donors (Lipinski definition) is 0. The van der Waals surface area contributed by atoms with Crippen molar-refractivity contribution in [2.24, 2.45) is 17.8 Å². The first-order chi connectivity index (χ1) is 18.5. The van der Waals surface area contributed by atoms with Gasteiger partial charge < -0.3 is 9.47 Å². The van der Waals surface area contributed by atoms with E-state index < -0.39 is 29.6 Å². The highest BCUT2D eigenvalue weighted by atomic mass is 19.4. The van der Waals surface area contributed by atoms with Crippen molar-refractivity contribution < 1.29 is 35.8 Å². The van der Waals surface area contributed by atoms with Gasteiger partial charge in [-0.25, -0.2) is 4.39 Å². The van der Waals surface area contributed by atoms with Gasteiger partial charge in [-0.2, -0.15) is 8.78 Å². The molecule has 39 heavy (non-hydrogen) atoms. The summed E-state index contributed by atoms with van der Waals surface area (Å²) >= 11 is 0. The van der Waals surface area contributed by atoms with E-state index in [2.05, 4.69) is 11.7 Å². The topological polar surface area (TPSA) is 18.5 Å². The summed E-state index contributed by atoms with van der Waals surface area (Å²) in [5.74, 6) is 0.140. The number of hydrogen-bond acceptors (Lipinski definition) is 2. The monoisotopic (exact) mass is 556 g/mol.